The van der Waals surface area contributed by atoms with Gasteiger partial charge in [-0.1, -0.05) is 237 Å². The first-order valence-corrected chi connectivity index (χ1v) is 28.1. The van der Waals surface area contributed by atoms with E-state index in [2.05, 4.69) is 43.5 Å². The Hall–Kier alpha value is -1.66. The molecule has 63 heavy (non-hydrogen) atoms. The number of hydrogen-bond donors (Lipinski definition) is 3. The lowest BCUT2D eigenvalue weighted by atomic mass is 10.0. The van der Waals surface area contributed by atoms with E-state index in [1.54, 1.807) is 0 Å². The normalized spacial score (nSPS) is 12.8. The van der Waals surface area contributed by atoms with Crippen LogP contribution in [0.2, 0.25) is 0 Å². The molecule has 2 unspecified atom stereocenters. The van der Waals surface area contributed by atoms with E-state index in [-0.39, 0.29) is 18.5 Å². The lowest BCUT2D eigenvalue weighted by Gasteiger charge is -2.22. The summed E-state index contributed by atoms with van der Waals surface area (Å²) in [4.78, 5) is 24.5. The number of amides is 1. The Bertz CT molecular complexity index is 982. The molecule has 372 valence electrons. The molecule has 0 aliphatic heterocycles. The zero-order valence-corrected chi connectivity index (χ0v) is 42.3. The smallest absolute Gasteiger partial charge is 0.305 e. The number of nitrogens with one attached hydrogen (secondary N) is 1. The molecule has 0 saturated heterocycles. The first kappa shape index (κ1) is 61.3. The highest BCUT2D eigenvalue weighted by Gasteiger charge is 2.20. The van der Waals surface area contributed by atoms with E-state index < -0.39 is 12.1 Å². The van der Waals surface area contributed by atoms with Gasteiger partial charge in [0.2, 0.25) is 5.91 Å². The van der Waals surface area contributed by atoms with Crippen molar-refractivity contribution in [3.8, 4) is 0 Å². The van der Waals surface area contributed by atoms with Gasteiger partial charge in [0.05, 0.1) is 25.4 Å². The molecule has 0 saturated carbocycles. The lowest BCUT2D eigenvalue weighted by Crippen LogP contribution is -2.45. The third-order valence-electron chi connectivity index (χ3n) is 13.0. The monoisotopic (exact) mass is 888 g/mol. The average Bonchev–Trinajstić information content (AvgIpc) is 3.28. The number of aliphatic hydroxyl groups is 2. The fraction of sp³-hybridized carbons (Fsp3) is 0.895. The van der Waals surface area contributed by atoms with Gasteiger partial charge in [-0.25, -0.2) is 0 Å². The predicted octanol–water partition coefficient (Wildman–Crippen LogP) is 17.1. The summed E-state index contributed by atoms with van der Waals surface area (Å²) in [5, 5.41) is 23.2. The van der Waals surface area contributed by atoms with E-state index in [0.717, 1.165) is 70.6 Å². The number of carbonyl (C=O) groups excluding carboxylic acids is 2. The van der Waals surface area contributed by atoms with Gasteiger partial charge in [0.15, 0.2) is 0 Å². The van der Waals surface area contributed by atoms with Gasteiger partial charge in [-0.3, -0.25) is 9.59 Å². The van der Waals surface area contributed by atoms with E-state index >= 15 is 0 Å². The third-order valence-corrected chi connectivity index (χ3v) is 13.0. The number of aliphatic hydroxyl groups excluding tert-OH is 2. The first-order chi connectivity index (χ1) is 31.0. The van der Waals surface area contributed by atoms with E-state index in [0.29, 0.717) is 25.9 Å². The molecule has 0 heterocycles. The van der Waals surface area contributed by atoms with Crippen LogP contribution < -0.4 is 5.32 Å². The molecule has 0 aliphatic carbocycles. The molecule has 0 fully saturated rings. The van der Waals surface area contributed by atoms with Gasteiger partial charge in [0, 0.05) is 12.8 Å². The molecule has 0 bridgehead atoms. The molecule has 0 radical (unpaired) electrons. The molecule has 3 N–H and O–H groups in total. The molecule has 0 spiro atoms. The maximum absolute atomic E-state index is 12.4. The summed E-state index contributed by atoms with van der Waals surface area (Å²) >= 11 is 0. The summed E-state index contributed by atoms with van der Waals surface area (Å²) in [6.07, 6.45) is 63.0. The number of allylic oxidation sites excluding steroid dienone is 4. The van der Waals surface area contributed by atoms with Gasteiger partial charge in [-0.2, -0.15) is 0 Å². The van der Waals surface area contributed by atoms with Crippen molar-refractivity contribution in [1.29, 1.82) is 0 Å². The van der Waals surface area contributed by atoms with E-state index in [1.807, 2.05) is 0 Å². The van der Waals surface area contributed by atoms with Crippen LogP contribution in [-0.4, -0.2) is 47.4 Å². The number of ether oxygens (including phenoxy) is 1. The lowest BCUT2D eigenvalue weighted by molar-refractivity contribution is -0.143. The predicted molar refractivity (Wildman–Crippen MR) is 273 cm³/mol. The molecule has 0 aliphatic rings. The van der Waals surface area contributed by atoms with E-state index in [4.69, 9.17) is 4.74 Å². The fourth-order valence-electron chi connectivity index (χ4n) is 8.63. The van der Waals surface area contributed by atoms with Crippen LogP contribution in [-0.2, 0) is 14.3 Å². The number of carbonyl (C=O) groups is 2. The van der Waals surface area contributed by atoms with E-state index in [1.165, 1.54) is 199 Å². The van der Waals surface area contributed by atoms with Crippen LogP contribution in [0.3, 0.4) is 0 Å². The minimum Gasteiger partial charge on any atom is -0.466 e. The topological polar surface area (TPSA) is 95.9 Å². The Labute approximate surface area is 392 Å². The minimum atomic E-state index is -0.673. The van der Waals surface area contributed by atoms with Gasteiger partial charge in [0.25, 0.3) is 0 Å². The fourth-order valence-corrected chi connectivity index (χ4v) is 8.63. The standard InChI is InChI=1S/C57H109NO5/c1-3-5-7-9-11-13-15-17-18-19-20-23-27-31-35-39-43-47-51-57(62)63-52-48-44-40-36-32-28-24-21-22-26-30-34-38-42-46-50-56(61)58-54(53-59)55(60)49-45-41-37-33-29-25-16-14-12-10-8-6-4-2/h18-19,24,28,54-55,59-60H,3-17,20-23,25-27,29-53H2,1-2H3,(H,58,61)/b19-18-,28-24-. The molecule has 6 heteroatoms. The highest BCUT2D eigenvalue weighted by atomic mass is 16.5. The average molecular weight is 889 g/mol. The van der Waals surface area contributed by atoms with Crippen LogP contribution in [0.15, 0.2) is 24.3 Å². The number of unbranched alkanes of at least 4 members (excludes halogenated alkanes) is 37. The van der Waals surface area contributed by atoms with Crippen molar-refractivity contribution in [1.82, 2.24) is 5.32 Å². The summed E-state index contributed by atoms with van der Waals surface area (Å²) in [7, 11) is 0. The van der Waals surface area contributed by atoms with Crippen LogP contribution in [0.5, 0.6) is 0 Å². The maximum atomic E-state index is 12.4. The van der Waals surface area contributed by atoms with Crippen LogP contribution in [0.25, 0.3) is 0 Å². The zero-order chi connectivity index (χ0) is 45.8. The van der Waals surface area contributed by atoms with Crippen molar-refractivity contribution in [2.24, 2.45) is 0 Å². The van der Waals surface area contributed by atoms with Gasteiger partial charge < -0.3 is 20.3 Å². The SMILES string of the molecule is CCCCCCCCC/C=C\CCCCCCCCCC(=O)OCCCCCC/C=C\CCCCCCCCCC(=O)NC(CO)C(O)CCCCCCCCCCCCCCC. The summed E-state index contributed by atoms with van der Waals surface area (Å²) in [6, 6.07) is -0.552. The Morgan fingerprint density at radius 1 is 0.429 bits per heavy atom. The third kappa shape index (κ3) is 49.6. The zero-order valence-electron chi connectivity index (χ0n) is 42.3. The summed E-state index contributed by atoms with van der Waals surface area (Å²) in [5.41, 5.74) is 0. The Kier molecular flexibility index (Phi) is 51.6. The Balaban J connectivity index is 3.45. The molecular weight excluding hydrogens is 779 g/mol. The van der Waals surface area contributed by atoms with Crippen molar-refractivity contribution in [3.63, 3.8) is 0 Å². The van der Waals surface area contributed by atoms with Gasteiger partial charge in [0.1, 0.15) is 0 Å². The molecule has 1 amide bonds. The van der Waals surface area contributed by atoms with Crippen molar-refractivity contribution in [2.45, 2.75) is 315 Å². The molecule has 0 rings (SSSR count). The van der Waals surface area contributed by atoms with Crippen LogP contribution >= 0.6 is 0 Å². The summed E-state index contributed by atoms with van der Waals surface area (Å²) in [5.74, 6) is -0.0630. The largest absolute Gasteiger partial charge is 0.466 e. The second-order valence-electron chi connectivity index (χ2n) is 19.3. The number of rotatable bonds is 52. The van der Waals surface area contributed by atoms with E-state index in [9.17, 15) is 19.8 Å². The Morgan fingerprint density at radius 2 is 0.746 bits per heavy atom. The summed E-state index contributed by atoms with van der Waals surface area (Å²) < 4.78 is 5.47. The van der Waals surface area contributed by atoms with Crippen LogP contribution in [0, 0.1) is 0 Å². The molecule has 0 aromatic heterocycles. The molecular formula is C57H109NO5. The highest BCUT2D eigenvalue weighted by molar-refractivity contribution is 5.76. The van der Waals surface area contributed by atoms with Crippen molar-refractivity contribution in [3.05, 3.63) is 24.3 Å². The minimum absolute atomic E-state index is 0.0129. The van der Waals surface area contributed by atoms with Gasteiger partial charge >= 0.3 is 5.97 Å². The quantitative estimate of drug-likeness (QED) is 0.0321. The molecule has 2 atom stereocenters. The molecule has 6 nitrogen and oxygen atoms in total. The van der Waals surface area contributed by atoms with Gasteiger partial charge in [-0.05, 0) is 77.0 Å². The van der Waals surface area contributed by atoms with Crippen molar-refractivity contribution < 1.29 is 24.5 Å². The van der Waals surface area contributed by atoms with Crippen LogP contribution in [0.1, 0.15) is 303 Å². The molecule has 0 aromatic rings. The summed E-state index contributed by atoms with van der Waals surface area (Å²) in [6.45, 7) is 4.92. The van der Waals surface area contributed by atoms with Gasteiger partial charge in [-0.15, -0.1) is 0 Å². The first-order valence-electron chi connectivity index (χ1n) is 28.1. The number of esters is 1. The molecule has 0 aromatic carbocycles. The number of hydrogen-bond acceptors (Lipinski definition) is 5. The Morgan fingerprint density at radius 3 is 1.13 bits per heavy atom. The second-order valence-corrected chi connectivity index (χ2v) is 19.3. The highest BCUT2D eigenvalue weighted by Crippen LogP contribution is 2.16. The van der Waals surface area contributed by atoms with Crippen molar-refractivity contribution in [2.75, 3.05) is 13.2 Å². The van der Waals surface area contributed by atoms with Crippen LogP contribution in [0.4, 0.5) is 0 Å². The second kappa shape index (κ2) is 53.0. The maximum Gasteiger partial charge on any atom is 0.305 e. The van der Waals surface area contributed by atoms with Crippen molar-refractivity contribution >= 4 is 11.9 Å².